The quantitative estimate of drug-likeness (QED) is 0.627. The van der Waals surface area contributed by atoms with Gasteiger partial charge in [0, 0.05) is 6.61 Å². The fraction of sp³-hybridized carbons (Fsp3) is 0.900. The number of ether oxygens (including phenoxy) is 2. The molecular weight excluding hydrogens is 168 g/mol. The molecule has 0 N–H and O–H groups in total. The van der Waals surface area contributed by atoms with Gasteiger partial charge in [0.1, 0.15) is 0 Å². The van der Waals surface area contributed by atoms with Gasteiger partial charge in [-0.15, -0.1) is 0 Å². The molecule has 0 aromatic carbocycles. The highest BCUT2D eigenvalue weighted by molar-refractivity contribution is 5.72. The zero-order valence-corrected chi connectivity index (χ0v) is 8.41. The Kier molecular flexibility index (Phi) is 4.22. The van der Waals surface area contributed by atoms with Crippen LogP contribution >= 0.6 is 0 Å². The summed E-state index contributed by atoms with van der Waals surface area (Å²) in [4.78, 5) is 11.3. The third kappa shape index (κ3) is 2.99. The molecule has 0 bridgehead atoms. The Morgan fingerprint density at radius 3 is 2.69 bits per heavy atom. The molecule has 0 amide bonds. The van der Waals surface area contributed by atoms with Crippen LogP contribution in [0.3, 0.4) is 0 Å². The van der Waals surface area contributed by atoms with E-state index < -0.39 is 0 Å². The molecule has 13 heavy (non-hydrogen) atoms. The predicted molar refractivity (Wildman–Crippen MR) is 49.4 cm³/mol. The van der Waals surface area contributed by atoms with Crippen molar-refractivity contribution in [2.75, 3.05) is 13.2 Å². The number of carbonyl (C=O) groups excluding carboxylic acids is 1. The molecule has 3 nitrogen and oxygen atoms in total. The molecule has 0 unspecified atom stereocenters. The summed E-state index contributed by atoms with van der Waals surface area (Å²) in [7, 11) is 0. The zero-order valence-electron chi connectivity index (χ0n) is 8.41. The van der Waals surface area contributed by atoms with Crippen LogP contribution in [0.1, 0.15) is 33.1 Å². The van der Waals surface area contributed by atoms with Crippen LogP contribution in [0.4, 0.5) is 0 Å². The van der Waals surface area contributed by atoms with Crippen molar-refractivity contribution < 1.29 is 14.3 Å². The van der Waals surface area contributed by atoms with Crippen molar-refractivity contribution in [2.24, 2.45) is 5.92 Å². The van der Waals surface area contributed by atoms with Gasteiger partial charge in [-0.3, -0.25) is 4.79 Å². The molecule has 3 heteroatoms. The molecule has 2 atom stereocenters. The SMILES string of the molecule is CCOC(=O)[C@H]1CC[C@@H](OCC)C1. The van der Waals surface area contributed by atoms with Gasteiger partial charge in [-0.2, -0.15) is 0 Å². The molecule has 1 aliphatic carbocycles. The maximum atomic E-state index is 11.3. The lowest BCUT2D eigenvalue weighted by Gasteiger charge is -2.10. The van der Waals surface area contributed by atoms with Crippen LogP contribution in [-0.4, -0.2) is 25.3 Å². The second-order valence-electron chi connectivity index (χ2n) is 3.34. The van der Waals surface area contributed by atoms with E-state index in [9.17, 15) is 4.79 Å². The van der Waals surface area contributed by atoms with E-state index in [1.54, 1.807) is 0 Å². The molecule has 0 radical (unpaired) electrons. The third-order valence-electron chi connectivity index (χ3n) is 2.41. The third-order valence-corrected chi connectivity index (χ3v) is 2.41. The standard InChI is InChI=1S/C10H18O3/c1-3-12-9-6-5-8(7-9)10(11)13-4-2/h8-9H,3-7H2,1-2H3/t8-,9+/m0/s1. The molecule has 0 aliphatic heterocycles. The van der Waals surface area contributed by atoms with Gasteiger partial charge in [0.15, 0.2) is 0 Å². The maximum Gasteiger partial charge on any atom is 0.309 e. The average molecular weight is 186 g/mol. The van der Waals surface area contributed by atoms with Crippen molar-refractivity contribution in [1.82, 2.24) is 0 Å². The molecule has 0 aromatic rings. The largest absolute Gasteiger partial charge is 0.466 e. The lowest BCUT2D eigenvalue weighted by atomic mass is 10.1. The minimum Gasteiger partial charge on any atom is -0.466 e. The Labute approximate surface area is 79.4 Å². The van der Waals surface area contributed by atoms with E-state index in [4.69, 9.17) is 9.47 Å². The van der Waals surface area contributed by atoms with E-state index in [1.807, 2.05) is 13.8 Å². The van der Waals surface area contributed by atoms with Crippen molar-refractivity contribution >= 4 is 5.97 Å². The van der Waals surface area contributed by atoms with Crippen molar-refractivity contribution in [2.45, 2.75) is 39.2 Å². The van der Waals surface area contributed by atoms with E-state index >= 15 is 0 Å². The van der Waals surface area contributed by atoms with Gasteiger partial charge in [0.05, 0.1) is 18.6 Å². The molecular formula is C10H18O3. The summed E-state index contributed by atoms with van der Waals surface area (Å²) in [6.07, 6.45) is 3.03. The minimum absolute atomic E-state index is 0.0512. The fourth-order valence-electron chi connectivity index (χ4n) is 1.80. The van der Waals surface area contributed by atoms with Gasteiger partial charge in [-0.05, 0) is 33.1 Å². The first kappa shape index (κ1) is 10.5. The first-order valence-corrected chi connectivity index (χ1v) is 5.06. The van der Waals surface area contributed by atoms with Gasteiger partial charge < -0.3 is 9.47 Å². The lowest BCUT2D eigenvalue weighted by molar-refractivity contribution is -0.148. The normalized spacial score (nSPS) is 27.5. The highest BCUT2D eigenvalue weighted by atomic mass is 16.5. The summed E-state index contributed by atoms with van der Waals surface area (Å²) in [5, 5.41) is 0. The molecule has 1 saturated carbocycles. The number of hydrogen-bond acceptors (Lipinski definition) is 3. The number of esters is 1. The van der Waals surface area contributed by atoms with Crippen LogP contribution in [0.25, 0.3) is 0 Å². The Hall–Kier alpha value is -0.570. The topological polar surface area (TPSA) is 35.5 Å². The number of hydrogen-bond donors (Lipinski definition) is 0. The van der Waals surface area contributed by atoms with E-state index in [0.29, 0.717) is 6.61 Å². The maximum absolute atomic E-state index is 11.3. The van der Waals surface area contributed by atoms with Crippen LogP contribution in [0.5, 0.6) is 0 Å². The summed E-state index contributed by atoms with van der Waals surface area (Å²) in [6, 6.07) is 0. The van der Waals surface area contributed by atoms with E-state index in [2.05, 4.69) is 0 Å². The molecule has 0 heterocycles. The van der Waals surface area contributed by atoms with Crippen LogP contribution < -0.4 is 0 Å². The Balaban J connectivity index is 2.27. The Bertz CT molecular complexity index is 168. The monoisotopic (exact) mass is 186 g/mol. The van der Waals surface area contributed by atoms with E-state index in [0.717, 1.165) is 25.9 Å². The van der Waals surface area contributed by atoms with Crippen LogP contribution in [-0.2, 0) is 14.3 Å². The van der Waals surface area contributed by atoms with Gasteiger partial charge >= 0.3 is 5.97 Å². The summed E-state index contributed by atoms with van der Waals surface area (Å²) in [5.41, 5.74) is 0. The van der Waals surface area contributed by atoms with Gasteiger partial charge in [0.2, 0.25) is 0 Å². The molecule has 0 spiro atoms. The molecule has 1 aliphatic rings. The zero-order chi connectivity index (χ0) is 9.68. The number of carbonyl (C=O) groups is 1. The van der Waals surface area contributed by atoms with Gasteiger partial charge in [-0.25, -0.2) is 0 Å². The Morgan fingerprint density at radius 2 is 2.08 bits per heavy atom. The number of rotatable bonds is 4. The van der Waals surface area contributed by atoms with Crippen LogP contribution in [0.15, 0.2) is 0 Å². The van der Waals surface area contributed by atoms with Crippen molar-refractivity contribution in [3.8, 4) is 0 Å². The highest BCUT2D eigenvalue weighted by Gasteiger charge is 2.30. The molecule has 1 rings (SSSR count). The minimum atomic E-state index is -0.0512. The van der Waals surface area contributed by atoms with Gasteiger partial charge in [0.25, 0.3) is 0 Å². The van der Waals surface area contributed by atoms with Crippen molar-refractivity contribution in [3.63, 3.8) is 0 Å². The van der Waals surface area contributed by atoms with Crippen molar-refractivity contribution in [1.29, 1.82) is 0 Å². The highest BCUT2D eigenvalue weighted by Crippen LogP contribution is 2.28. The predicted octanol–water partition coefficient (Wildman–Crippen LogP) is 1.75. The molecule has 1 fully saturated rings. The Morgan fingerprint density at radius 1 is 1.31 bits per heavy atom. The average Bonchev–Trinajstić information content (AvgIpc) is 2.54. The smallest absolute Gasteiger partial charge is 0.309 e. The first-order chi connectivity index (χ1) is 6.27. The second-order valence-corrected chi connectivity index (χ2v) is 3.34. The first-order valence-electron chi connectivity index (χ1n) is 5.06. The summed E-state index contributed by atoms with van der Waals surface area (Å²) in [5.74, 6) is 0.0289. The van der Waals surface area contributed by atoms with E-state index in [1.165, 1.54) is 0 Å². The molecule has 0 saturated heterocycles. The lowest BCUT2D eigenvalue weighted by Crippen LogP contribution is -2.16. The van der Waals surface area contributed by atoms with Crippen LogP contribution in [0.2, 0.25) is 0 Å². The second kappa shape index (κ2) is 5.22. The molecule has 76 valence electrons. The van der Waals surface area contributed by atoms with Gasteiger partial charge in [-0.1, -0.05) is 0 Å². The fourth-order valence-corrected chi connectivity index (χ4v) is 1.80. The summed E-state index contributed by atoms with van der Waals surface area (Å²) < 4.78 is 10.4. The van der Waals surface area contributed by atoms with E-state index in [-0.39, 0.29) is 18.0 Å². The molecule has 0 aromatic heterocycles. The summed E-state index contributed by atoms with van der Waals surface area (Å²) in [6.45, 7) is 5.04. The van der Waals surface area contributed by atoms with Crippen molar-refractivity contribution in [3.05, 3.63) is 0 Å². The summed E-state index contributed by atoms with van der Waals surface area (Å²) >= 11 is 0. The van der Waals surface area contributed by atoms with Crippen LogP contribution in [0, 0.1) is 5.92 Å².